The Morgan fingerprint density at radius 1 is 1.77 bits per heavy atom. The molecular formula is C8H10N2O2S. The molecule has 2 aliphatic rings. The highest BCUT2D eigenvalue weighted by atomic mass is 32.2. The average molecular weight is 198 g/mol. The second kappa shape index (κ2) is 3.20. The minimum absolute atomic E-state index is 0.0518. The first-order valence-corrected chi connectivity index (χ1v) is 5.27. The third-order valence-corrected chi connectivity index (χ3v) is 3.86. The molecule has 0 aliphatic carbocycles. The first-order valence-electron chi connectivity index (χ1n) is 4.22. The van der Waals surface area contributed by atoms with Crippen LogP contribution in [0.25, 0.3) is 0 Å². The molecule has 0 spiro atoms. The van der Waals surface area contributed by atoms with Gasteiger partial charge in [-0.3, -0.25) is 4.79 Å². The van der Waals surface area contributed by atoms with E-state index in [9.17, 15) is 4.79 Å². The van der Waals surface area contributed by atoms with E-state index in [1.165, 1.54) is 0 Å². The number of rotatable bonds is 1. The maximum atomic E-state index is 11.6. The molecule has 0 saturated carbocycles. The number of carbonyl (C=O) groups excluding carboxylic acids is 1. The van der Waals surface area contributed by atoms with Crippen molar-refractivity contribution in [2.75, 3.05) is 12.4 Å². The molecule has 0 radical (unpaired) electrons. The summed E-state index contributed by atoms with van der Waals surface area (Å²) < 4.78 is 0. The van der Waals surface area contributed by atoms with Gasteiger partial charge in [0.25, 0.3) is 0 Å². The quantitative estimate of drug-likeness (QED) is 0.633. The van der Waals surface area contributed by atoms with Crippen molar-refractivity contribution in [2.45, 2.75) is 17.8 Å². The molecule has 4 nitrogen and oxygen atoms in total. The first kappa shape index (κ1) is 8.85. The second-order valence-corrected chi connectivity index (χ2v) is 4.50. The molecule has 5 heteroatoms. The lowest BCUT2D eigenvalue weighted by Crippen LogP contribution is -2.36. The summed E-state index contributed by atoms with van der Waals surface area (Å²) >= 11 is 1.64. The summed E-state index contributed by atoms with van der Waals surface area (Å²) in [5.41, 5.74) is 0. The molecule has 1 N–H and O–H groups in total. The zero-order chi connectivity index (χ0) is 9.42. The van der Waals surface area contributed by atoms with Gasteiger partial charge in [0.05, 0.1) is 24.0 Å². The minimum Gasteiger partial charge on any atom is -0.396 e. The number of aliphatic hydroxyl groups excluding tert-OH is 1. The van der Waals surface area contributed by atoms with Crippen LogP contribution in [-0.4, -0.2) is 39.7 Å². The Bertz CT molecular complexity index is 276. The van der Waals surface area contributed by atoms with Crippen molar-refractivity contribution in [1.82, 2.24) is 4.90 Å². The van der Waals surface area contributed by atoms with Crippen LogP contribution in [0.15, 0.2) is 0 Å². The largest absolute Gasteiger partial charge is 0.396 e. The van der Waals surface area contributed by atoms with Crippen molar-refractivity contribution in [1.29, 1.82) is 5.26 Å². The number of amides is 1. The molecule has 70 valence electrons. The van der Waals surface area contributed by atoms with Crippen LogP contribution in [0.2, 0.25) is 0 Å². The van der Waals surface area contributed by atoms with Crippen LogP contribution in [0, 0.1) is 17.2 Å². The van der Waals surface area contributed by atoms with E-state index in [-0.39, 0.29) is 29.8 Å². The van der Waals surface area contributed by atoms with Gasteiger partial charge in [0, 0.05) is 5.75 Å². The molecule has 3 atom stereocenters. The Hall–Kier alpha value is -0.730. The summed E-state index contributed by atoms with van der Waals surface area (Å²) in [5, 5.41) is 17.8. The predicted octanol–water partition coefficient (Wildman–Crippen LogP) is -0.208. The van der Waals surface area contributed by atoms with Crippen molar-refractivity contribution < 1.29 is 9.90 Å². The van der Waals surface area contributed by atoms with Crippen LogP contribution in [0.1, 0.15) is 6.42 Å². The zero-order valence-electron chi connectivity index (χ0n) is 7.01. The first-order chi connectivity index (χ1) is 6.27. The van der Waals surface area contributed by atoms with E-state index in [4.69, 9.17) is 10.4 Å². The SMILES string of the molecule is N#C[C@@H]1CS[C@H]2C[C@H](CO)C(=O)N12. The molecule has 0 unspecified atom stereocenters. The van der Waals surface area contributed by atoms with Crippen molar-refractivity contribution in [3.63, 3.8) is 0 Å². The Balaban J connectivity index is 2.17. The smallest absolute Gasteiger partial charge is 0.230 e. The lowest BCUT2D eigenvalue weighted by Gasteiger charge is -2.17. The van der Waals surface area contributed by atoms with Crippen LogP contribution in [0.4, 0.5) is 0 Å². The highest BCUT2D eigenvalue weighted by Crippen LogP contribution is 2.39. The van der Waals surface area contributed by atoms with Crippen LogP contribution in [0.3, 0.4) is 0 Å². The van der Waals surface area contributed by atoms with Gasteiger partial charge in [-0.15, -0.1) is 11.8 Å². The van der Waals surface area contributed by atoms with Gasteiger partial charge in [0.2, 0.25) is 5.91 Å². The molecule has 13 heavy (non-hydrogen) atoms. The molecule has 0 aromatic rings. The number of aliphatic hydroxyl groups is 1. The van der Waals surface area contributed by atoms with Crippen LogP contribution < -0.4 is 0 Å². The fourth-order valence-corrected chi connectivity index (χ4v) is 3.27. The standard InChI is InChI=1S/C8H10N2O2S/c9-2-6-4-13-7-1-5(3-11)8(12)10(6)7/h5-7,11H,1,3-4H2/t5-,6-,7+/m1/s1. The van der Waals surface area contributed by atoms with Gasteiger partial charge in [0.1, 0.15) is 6.04 Å². The third-order valence-electron chi connectivity index (χ3n) is 2.55. The summed E-state index contributed by atoms with van der Waals surface area (Å²) in [6.07, 6.45) is 0.693. The summed E-state index contributed by atoms with van der Waals surface area (Å²) in [5.74, 6) is 0.392. The molecule has 1 amide bonds. The monoisotopic (exact) mass is 198 g/mol. The highest BCUT2D eigenvalue weighted by molar-refractivity contribution is 8.00. The summed E-state index contributed by atoms with van der Waals surface area (Å²) in [4.78, 5) is 13.2. The number of fused-ring (bicyclic) bond motifs is 1. The topological polar surface area (TPSA) is 64.3 Å². The molecule has 2 saturated heterocycles. The van der Waals surface area contributed by atoms with Crippen molar-refractivity contribution in [3.8, 4) is 6.07 Å². The highest BCUT2D eigenvalue weighted by Gasteiger charge is 2.47. The Kier molecular flexibility index (Phi) is 2.18. The van der Waals surface area contributed by atoms with Gasteiger partial charge in [0.15, 0.2) is 0 Å². The van der Waals surface area contributed by atoms with Gasteiger partial charge in [-0.05, 0) is 6.42 Å². The van der Waals surface area contributed by atoms with Gasteiger partial charge in [-0.2, -0.15) is 5.26 Å². The molecule has 0 aromatic heterocycles. The van der Waals surface area contributed by atoms with E-state index in [1.807, 2.05) is 0 Å². The zero-order valence-corrected chi connectivity index (χ0v) is 7.83. The third kappa shape index (κ3) is 1.21. The van der Waals surface area contributed by atoms with Gasteiger partial charge in [-0.25, -0.2) is 0 Å². The number of hydrogen-bond acceptors (Lipinski definition) is 4. The molecule has 2 heterocycles. The molecule has 0 bridgehead atoms. The number of nitrogens with zero attached hydrogens (tertiary/aromatic N) is 2. The van der Waals surface area contributed by atoms with E-state index in [1.54, 1.807) is 16.7 Å². The minimum atomic E-state index is -0.279. The van der Waals surface area contributed by atoms with Gasteiger partial charge >= 0.3 is 0 Å². The van der Waals surface area contributed by atoms with E-state index in [0.717, 1.165) is 0 Å². The van der Waals surface area contributed by atoms with Crippen molar-refractivity contribution in [3.05, 3.63) is 0 Å². The number of hydrogen-bond donors (Lipinski definition) is 1. The van der Waals surface area contributed by atoms with Crippen molar-refractivity contribution >= 4 is 17.7 Å². The van der Waals surface area contributed by atoms with Crippen LogP contribution >= 0.6 is 11.8 Å². The normalized spacial score (nSPS) is 37.7. The fourth-order valence-electron chi connectivity index (χ4n) is 1.85. The molecule has 0 aromatic carbocycles. The van der Waals surface area contributed by atoms with Crippen LogP contribution in [0.5, 0.6) is 0 Å². The summed E-state index contributed by atoms with van der Waals surface area (Å²) in [6, 6.07) is 1.83. The Labute approximate surface area is 80.5 Å². The van der Waals surface area contributed by atoms with Crippen molar-refractivity contribution in [2.24, 2.45) is 5.92 Å². The summed E-state index contributed by atoms with van der Waals surface area (Å²) in [6.45, 7) is -0.0927. The second-order valence-electron chi connectivity index (χ2n) is 3.29. The molecule has 2 aliphatic heterocycles. The maximum absolute atomic E-state index is 11.6. The maximum Gasteiger partial charge on any atom is 0.230 e. The van der Waals surface area contributed by atoms with Gasteiger partial charge < -0.3 is 10.0 Å². The van der Waals surface area contributed by atoms with E-state index in [0.29, 0.717) is 12.2 Å². The number of nitriles is 1. The lowest BCUT2D eigenvalue weighted by molar-refractivity contribution is -0.132. The Morgan fingerprint density at radius 3 is 3.15 bits per heavy atom. The molecular weight excluding hydrogens is 188 g/mol. The summed E-state index contributed by atoms with van der Waals surface area (Å²) in [7, 11) is 0. The molecule has 2 fully saturated rings. The van der Waals surface area contributed by atoms with Gasteiger partial charge in [-0.1, -0.05) is 0 Å². The Morgan fingerprint density at radius 2 is 2.54 bits per heavy atom. The van der Waals surface area contributed by atoms with E-state index in [2.05, 4.69) is 6.07 Å². The number of thioether (sulfide) groups is 1. The van der Waals surface area contributed by atoms with Crippen LogP contribution in [-0.2, 0) is 4.79 Å². The fraction of sp³-hybridized carbons (Fsp3) is 0.750. The lowest BCUT2D eigenvalue weighted by atomic mass is 10.1. The van der Waals surface area contributed by atoms with E-state index < -0.39 is 0 Å². The van der Waals surface area contributed by atoms with E-state index >= 15 is 0 Å². The predicted molar refractivity (Wildman–Crippen MR) is 47.7 cm³/mol. The molecule has 2 rings (SSSR count). The average Bonchev–Trinajstić information content (AvgIpc) is 2.66. The number of carbonyl (C=O) groups is 1.